The van der Waals surface area contributed by atoms with Crippen LogP contribution in [0.25, 0.3) is 10.9 Å². The molecule has 4 N–H and O–H groups in total. The predicted molar refractivity (Wildman–Crippen MR) is 140 cm³/mol. The number of nitrogens with one attached hydrogen (secondary N) is 2. The lowest BCUT2D eigenvalue weighted by molar-refractivity contribution is -0.135. The quantitative estimate of drug-likeness (QED) is 0.422. The number of hydrogen-bond acceptors (Lipinski definition) is 5. The molecule has 0 radical (unpaired) electrons. The Morgan fingerprint density at radius 3 is 2.62 bits per heavy atom. The number of phenols is 1. The van der Waals surface area contributed by atoms with E-state index in [4.69, 9.17) is 4.74 Å². The van der Waals surface area contributed by atoms with Gasteiger partial charge in [0.05, 0.1) is 6.10 Å². The van der Waals surface area contributed by atoms with Gasteiger partial charge in [-0.05, 0) is 63.3 Å². The molecule has 1 aliphatic carbocycles. The van der Waals surface area contributed by atoms with Gasteiger partial charge in [-0.25, -0.2) is 4.79 Å². The summed E-state index contributed by atoms with van der Waals surface area (Å²) < 4.78 is 5.47. The van der Waals surface area contributed by atoms with Crippen LogP contribution in [-0.2, 0) is 21.4 Å². The predicted octanol–water partition coefficient (Wildman–Crippen LogP) is 4.31. The lowest BCUT2D eigenvalue weighted by atomic mass is 9.73. The van der Waals surface area contributed by atoms with E-state index in [0.717, 1.165) is 22.0 Å². The highest BCUT2D eigenvalue weighted by Crippen LogP contribution is 2.53. The fourth-order valence-electron chi connectivity index (χ4n) is 5.97. The molecule has 1 saturated heterocycles. The number of hydrogen-bond donors (Lipinski definition) is 4. The first-order valence-corrected chi connectivity index (χ1v) is 12.9. The number of fused-ring (bicyclic) bond motifs is 3. The molecule has 1 spiro atoms. The van der Waals surface area contributed by atoms with E-state index in [1.54, 1.807) is 31.7 Å². The summed E-state index contributed by atoms with van der Waals surface area (Å²) in [6.45, 7) is 6.37. The molecule has 0 saturated carbocycles. The van der Waals surface area contributed by atoms with E-state index in [-0.39, 0.29) is 17.1 Å². The first-order chi connectivity index (χ1) is 17.6. The number of carbonyl (C=O) groups excluding carboxylic acids is 2. The Morgan fingerprint density at radius 1 is 1.16 bits per heavy atom. The lowest BCUT2D eigenvalue weighted by Gasteiger charge is -2.41. The van der Waals surface area contributed by atoms with Crippen LogP contribution in [0.2, 0.25) is 0 Å². The van der Waals surface area contributed by atoms with Gasteiger partial charge in [-0.1, -0.05) is 30.3 Å². The minimum atomic E-state index is -0.784. The molecule has 2 amide bonds. The number of piperidine rings is 1. The molecule has 3 aromatic rings. The number of rotatable bonds is 4. The van der Waals surface area contributed by atoms with Crippen molar-refractivity contribution < 1.29 is 24.5 Å². The SMILES string of the molecule is CC(C)(C)OC(=O)N[C@H](Cc1c[nH]c2ccccc12)C(=O)N1CCC2(CC1)C[C@H](O)c1c(O)cccc12. The normalized spacial score (nSPS) is 19.6. The summed E-state index contributed by atoms with van der Waals surface area (Å²) in [7, 11) is 0. The molecule has 37 heavy (non-hydrogen) atoms. The van der Waals surface area contributed by atoms with Crippen molar-refractivity contribution in [2.45, 2.75) is 69.6 Å². The molecule has 0 bridgehead atoms. The number of likely N-dealkylation sites (tertiary alicyclic amines) is 1. The Balaban J connectivity index is 1.35. The summed E-state index contributed by atoms with van der Waals surface area (Å²) in [5.41, 5.74) is 2.57. The number of para-hydroxylation sites is 1. The minimum absolute atomic E-state index is 0.126. The number of amides is 2. The molecule has 2 heterocycles. The highest BCUT2D eigenvalue weighted by atomic mass is 16.6. The van der Waals surface area contributed by atoms with Crippen LogP contribution in [0.15, 0.2) is 48.7 Å². The number of carbonyl (C=O) groups is 2. The van der Waals surface area contributed by atoms with E-state index in [1.807, 2.05) is 42.6 Å². The maximum atomic E-state index is 13.8. The summed E-state index contributed by atoms with van der Waals surface area (Å²) in [6.07, 6.45) is 2.79. The first kappa shape index (κ1) is 25.1. The van der Waals surface area contributed by atoms with Gasteiger partial charge in [-0.3, -0.25) is 4.79 Å². The summed E-state index contributed by atoms with van der Waals surface area (Å²) >= 11 is 0. The zero-order valence-electron chi connectivity index (χ0n) is 21.6. The van der Waals surface area contributed by atoms with Gasteiger partial charge in [0, 0.05) is 47.6 Å². The molecule has 1 fully saturated rings. The molecule has 8 nitrogen and oxygen atoms in total. The van der Waals surface area contributed by atoms with Gasteiger partial charge in [-0.2, -0.15) is 0 Å². The number of aromatic hydroxyl groups is 1. The molecule has 1 aromatic heterocycles. The van der Waals surface area contributed by atoms with E-state index < -0.39 is 23.8 Å². The molecule has 2 aromatic carbocycles. The van der Waals surface area contributed by atoms with Gasteiger partial charge in [0.1, 0.15) is 17.4 Å². The number of aliphatic hydroxyl groups is 1. The van der Waals surface area contributed by atoms with Crippen molar-refractivity contribution in [2.24, 2.45) is 0 Å². The van der Waals surface area contributed by atoms with Crippen LogP contribution in [0.5, 0.6) is 5.75 Å². The second-order valence-corrected chi connectivity index (χ2v) is 11.3. The van der Waals surface area contributed by atoms with E-state index in [9.17, 15) is 19.8 Å². The molecule has 0 unspecified atom stereocenters. The number of nitrogens with zero attached hydrogens (tertiary/aromatic N) is 1. The molecule has 1 aliphatic heterocycles. The average molecular weight is 506 g/mol. The zero-order chi connectivity index (χ0) is 26.4. The standard InChI is InChI=1S/C29H35N3O5/c1-28(2,3)37-27(36)31-22(15-18-17-30-21-9-5-4-7-19(18)21)26(35)32-13-11-29(12-14-32)16-24(34)25-20(29)8-6-10-23(25)33/h4-10,17,22,24,30,33-34H,11-16H2,1-3H3,(H,31,36)/t22-,24+/m1/s1. The van der Waals surface area contributed by atoms with Gasteiger partial charge < -0.3 is 30.2 Å². The number of benzene rings is 2. The minimum Gasteiger partial charge on any atom is -0.508 e. The fourth-order valence-corrected chi connectivity index (χ4v) is 5.97. The van der Waals surface area contributed by atoms with Gasteiger partial charge in [0.25, 0.3) is 0 Å². The summed E-state index contributed by atoms with van der Waals surface area (Å²) in [4.78, 5) is 31.5. The second kappa shape index (κ2) is 9.41. The van der Waals surface area contributed by atoms with E-state index >= 15 is 0 Å². The molecule has 2 aliphatic rings. The van der Waals surface area contributed by atoms with Crippen molar-refractivity contribution in [1.82, 2.24) is 15.2 Å². The second-order valence-electron chi connectivity index (χ2n) is 11.3. The Morgan fingerprint density at radius 2 is 1.89 bits per heavy atom. The van der Waals surface area contributed by atoms with Crippen molar-refractivity contribution in [3.05, 3.63) is 65.4 Å². The van der Waals surface area contributed by atoms with E-state index in [1.165, 1.54) is 0 Å². The summed E-state index contributed by atoms with van der Waals surface area (Å²) in [5, 5.41) is 24.8. The number of H-pyrrole nitrogens is 1. The highest BCUT2D eigenvalue weighted by Gasteiger charge is 2.47. The van der Waals surface area contributed by atoms with Crippen LogP contribution in [0.4, 0.5) is 4.79 Å². The molecule has 5 rings (SSSR count). The van der Waals surface area contributed by atoms with Crippen molar-refractivity contribution in [2.75, 3.05) is 13.1 Å². The van der Waals surface area contributed by atoms with Gasteiger partial charge >= 0.3 is 6.09 Å². The molecule has 2 atom stereocenters. The Kier molecular flexibility index (Phi) is 6.40. The van der Waals surface area contributed by atoms with Crippen molar-refractivity contribution >= 4 is 22.9 Å². The number of aromatic amines is 1. The Labute approximate surface area is 216 Å². The number of alkyl carbamates (subject to hydrolysis) is 1. The van der Waals surface area contributed by atoms with Crippen LogP contribution >= 0.6 is 0 Å². The van der Waals surface area contributed by atoms with Crippen LogP contribution in [0, 0.1) is 0 Å². The maximum Gasteiger partial charge on any atom is 0.408 e. The summed E-state index contributed by atoms with van der Waals surface area (Å²) in [5.74, 6) is -0.0265. The smallest absolute Gasteiger partial charge is 0.408 e. The number of phenolic OH excluding ortho intramolecular Hbond substituents is 1. The van der Waals surface area contributed by atoms with Gasteiger partial charge in [0.2, 0.25) is 5.91 Å². The van der Waals surface area contributed by atoms with Crippen LogP contribution < -0.4 is 5.32 Å². The third-order valence-electron chi connectivity index (χ3n) is 7.69. The average Bonchev–Trinajstić information content (AvgIpc) is 3.37. The molecular formula is C29H35N3O5. The van der Waals surface area contributed by atoms with Gasteiger partial charge in [-0.15, -0.1) is 0 Å². The number of aliphatic hydroxyl groups excluding tert-OH is 1. The summed E-state index contributed by atoms with van der Waals surface area (Å²) in [6, 6.07) is 12.5. The Bertz CT molecular complexity index is 1320. The topological polar surface area (TPSA) is 115 Å². The molecule has 8 heteroatoms. The van der Waals surface area contributed by atoms with E-state index in [2.05, 4.69) is 10.3 Å². The highest BCUT2D eigenvalue weighted by molar-refractivity contribution is 5.88. The van der Waals surface area contributed by atoms with Crippen LogP contribution in [-0.4, -0.2) is 56.8 Å². The largest absolute Gasteiger partial charge is 0.508 e. The molecule has 196 valence electrons. The third kappa shape index (κ3) is 4.90. The van der Waals surface area contributed by atoms with Crippen molar-refractivity contribution in [1.29, 1.82) is 0 Å². The van der Waals surface area contributed by atoms with Crippen LogP contribution in [0.3, 0.4) is 0 Å². The molecular weight excluding hydrogens is 470 g/mol. The van der Waals surface area contributed by atoms with Crippen molar-refractivity contribution in [3.8, 4) is 5.75 Å². The maximum absolute atomic E-state index is 13.8. The van der Waals surface area contributed by atoms with Gasteiger partial charge in [0.15, 0.2) is 0 Å². The van der Waals surface area contributed by atoms with E-state index in [0.29, 0.717) is 44.3 Å². The lowest BCUT2D eigenvalue weighted by Crippen LogP contribution is -2.54. The Hall–Kier alpha value is -3.52. The number of ether oxygens (including phenoxy) is 1. The zero-order valence-corrected chi connectivity index (χ0v) is 21.6. The van der Waals surface area contributed by atoms with Crippen molar-refractivity contribution in [3.63, 3.8) is 0 Å². The third-order valence-corrected chi connectivity index (χ3v) is 7.69. The fraction of sp³-hybridized carbons (Fsp3) is 0.448. The number of aromatic nitrogens is 1. The van der Waals surface area contributed by atoms with Crippen LogP contribution in [0.1, 0.15) is 62.8 Å². The first-order valence-electron chi connectivity index (χ1n) is 12.9. The monoisotopic (exact) mass is 505 g/mol.